The summed E-state index contributed by atoms with van der Waals surface area (Å²) in [4.78, 5) is 21.9. The molecule has 15 heavy (non-hydrogen) atoms. The third-order valence-corrected chi connectivity index (χ3v) is 2.22. The average Bonchev–Trinajstić information content (AvgIpc) is 2.18. The molecule has 0 spiro atoms. The lowest BCUT2D eigenvalue weighted by atomic mass is 10.1. The number of Topliss-reactive ketones (excluding diaryl/α,β-unsaturated/α-hetero) is 1. The van der Waals surface area contributed by atoms with Gasteiger partial charge in [-0.2, -0.15) is 0 Å². The van der Waals surface area contributed by atoms with Crippen LogP contribution in [0.4, 0.5) is 0 Å². The molecule has 0 aromatic heterocycles. The van der Waals surface area contributed by atoms with Crippen LogP contribution in [0.1, 0.15) is 34.6 Å². The van der Waals surface area contributed by atoms with E-state index < -0.39 is 0 Å². The minimum atomic E-state index is -0.175. The molecule has 0 radical (unpaired) electrons. The molecule has 0 atom stereocenters. The molecule has 3 nitrogen and oxygen atoms in total. The van der Waals surface area contributed by atoms with Gasteiger partial charge in [-0.15, -0.1) is 0 Å². The number of benzene rings is 1. The highest BCUT2D eigenvalue weighted by molar-refractivity contribution is 6.34. The van der Waals surface area contributed by atoms with Gasteiger partial charge in [0.25, 0.3) is 0 Å². The summed E-state index contributed by atoms with van der Waals surface area (Å²) >= 11 is 5.87. The molecule has 1 aromatic carbocycles. The second kappa shape index (κ2) is 4.94. The first-order chi connectivity index (χ1) is 7.10. The summed E-state index contributed by atoms with van der Waals surface area (Å²) < 4.78 is 5.22. The summed E-state index contributed by atoms with van der Waals surface area (Å²) in [6.45, 7) is 3.65. The highest BCUT2D eigenvalue weighted by Crippen LogP contribution is 2.26. The van der Waals surface area contributed by atoms with E-state index in [1.54, 1.807) is 6.92 Å². The number of halogens is 1. The van der Waals surface area contributed by atoms with Crippen LogP contribution >= 0.6 is 11.6 Å². The standard InChI is InChI=1S/C11H11ClO3/c1-3-15-11-5-10(12)9(7(2)14)4-8(11)6-13/h4-6H,3H2,1-2H3. The molecule has 0 heterocycles. The van der Waals surface area contributed by atoms with Gasteiger partial charge in [-0.3, -0.25) is 9.59 Å². The first-order valence-corrected chi connectivity index (χ1v) is 4.90. The summed E-state index contributed by atoms with van der Waals surface area (Å²) in [5.41, 5.74) is 0.675. The molecule has 0 aliphatic rings. The van der Waals surface area contributed by atoms with Gasteiger partial charge in [0.15, 0.2) is 12.1 Å². The van der Waals surface area contributed by atoms with Crippen LogP contribution in [0.15, 0.2) is 12.1 Å². The Labute approximate surface area is 93.0 Å². The highest BCUT2D eigenvalue weighted by atomic mass is 35.5. The zero-order valence-electron chi connectivity index (χ0n) is 8.54. The van der Waals surface area contributed by atoms with E-state index in [2.05, 4.69) is 0 Å². The van der Waals surface area contributed by atoms with Crippen molar-refractivity contribution in [2.45, 2.75) is 13.8 Å². The number of hydrogen-bond donors (Lipinski definition) is 0. The Morgan fingerprint density at radius 1 is 1.53 bits per heavy atom. The third-order valence-electron chi connectivity index (χ3n) is 1.91. The van der Waals surface area contributed by atoms with Crippen LogP contribution in [-0.4, -0.2) is 18.7 Å². The van der Waals surface area contributed by atoms with Crippen molar-refractivity contribution in [3.63, 3.8) is 0 Å². The van der Waals surface area contributed by atoms with Crippen molar-refractivity contribution in [1.29, 1.82) is 0 Å². The number of hydrogen-bond acceptors (Lipinski definition) is 3. The third kappa shape index (κ3) is 2.57. The van der Waals surface area contributed by atoms with Crippen molar-refractivity contribution in [2.75, 3.05) is 6.61 Å². The fraction of sp³-hybridized carbons (Fsp3) is 0.273. The first-order valence-electron chi connectivity index (χ1n) is 4.52. The molecule has 0 aliphatic carbocycles. The Bertz CT molecular complexity index is 399. The number of ether oxygens (including phenoxy) is 1. The number of aldehydes is 1. The largest absolute Gasteiger partial charge is 0.493 e. The maximum atomic E-state index is 11.2. The van der Waals surface area contributed by atoms with Crippen LogP contribution < -0.4 is 4.74 Å². The number of carbonyl (C=O) groups is 2. The number of ketones is 1. The van der Waals surface area contributed by atoms with E-state index >= 15 is 0 Å². The summed E-state index contributed by atoms with van der Waals surface area (Å²) in [6.07, 6.45) is 0.647. The van der Waals surface area contributed by atoms with Crippen LogP contribution in [0.3, 0.4) is 0 Å². The van der Waals surface area contributed by atoms with Gasteiger partial charge in [0, 0.05) is 11.6 Å². The van der Waals surface area contributed by atoms with E-state index in [1.165, 1.54) is 19.1 Å². The Hall–Kier alpha value is -1.35. The predicted octanol–water partition coefficient (Wildman–Crippen LogP) is 2.75. The van der Waals surface area contributed by atoms with Gasteiger partial charge in [0.2, 0.25) is 0 Å². The highest BCUT2D eigenvalue weighted by Gasteiger charge is 2.11. The van der Waals surface area contributed by atoms with Gasteiger partial charge >= 0.3 is 0 Å². The molecule has 0 unspecified atom stereocenters. The molecule has 0 saturated carbocycles. The zero-order valence-corrected chi connectivity index (χ0v) is 9.30. The van der Waals surface area contributed by atoms with E-state index in [9.17, 15) is 9.59 Å². The monoisotopic (exact) mass is 226 g/mol. The van der Waals surface area contributed by atoms with Crippen molar-refractivity contribution in [3.05, 3.63) is 28.3 Å². The lowest BCUT2D eigenvalue weighted by Gasteiger charge is -2.08. The van der Waals surface area contributed by atoms with Crippen molar-refractivity contribution in [1.82, 2.24) is 0 Å². The maximum absolute atomic E-state index is 11.2. The second-order valence-electron chi connectivity index (χ2n) is 2.98. The molecule has 1 aromatic rings. The van der Waals surface area contributed by atoms with Crippen LogP contribution in [0.2, 0.25) is 5.02 Å². The van der Waals surface area contributed by atoms with Gasteiger partial charge < -0.3 is 4.74 Å². The maximum Gasteiger partial charge on any atom is 0.161 e. The van der Waals surface area contributed by atoms with Crippen molar-refractivity contribution >= 4 is 23.7 Å². The summed E-state index contributed by atoms with van der Waals surface area (Å²) in [7, 11) is 0. The normalized spacial score (nSPS) is 9.80. The minimum absolute atomic E-state index is 0.175. The molecule has 80 valence electrons. The Morgan fingerprint density at radius 2 is 2.20 bits per heavy atom. The molecule has 0 N–H and O–H groups in total. The Kier molecular flexibility index (Phi) is 3.86. The average molecular weight is 227 g/mol. The van der Waals surface area contributed by atoms with E-state index in [1.807, 2.05) is 0 Å². The summed E-state index contributed by atoms with van der Waals surface area (Å²) in [5, 5.41) is 0.302. The topological polar surface area (TPSA) is 43.4 Å². The van der Waals surface area contributed by atoms with Crippen LogP contribution in [-0.2, 0) is 0 Å². The lowest BCUT2D eigenvalue weighted by molar-refractivity contribution is 0.101. The quantitative estimate of drug-likeness (QED) is 0.586. The van der Waals surface area contributed by atoms with Crippen LogP contribution in [0.5, 0.6) is 5.75 Å². The molecule has 0 saturated heterocycles. The SMILES string of the molecule is CCOc1cc(Cl)c(C(C)=O)cc1C=O. The van der Waals surface area contributed by atoms with Crippen molar-refractivity contribution in [2.24, 2.45) is 0 Å². The van der Waals surface area contributed by atoms with E-state index in [4.69, 9.17) is 16.3 Å². The zero-order chi connectivity index (χ0) is 11.4. The van der Waals surface area contributed by atoms with Gasteiger partial charge in [0.05, 0.1) is 17.2 Å². The molecule has 0 aliphatic heterocycles. The van der Waals surface area contributed by atoms with E-state index in [0.29, 0.717) is 34.8 Å². The smallest absolute Gasteiger partial charge is 0.161 e. The van der Waals surface area contributed by atoms with Gasteiger partial charge in [-0.05, 0) is 19.9 Å². The molecule has 0 bridgehead atoms. The fourth-order valence-electron chi connectivity index (χ4n) is 1.21. The van der Waals surface area contributed by atoms with Gasteiger partial charge in [-0.25, -0.2) is 0 Å². The lowest BCUT2D eigenvalue weighted by Crippen LogP contribution is -2.00. The molecule has 4 heteroatoms. The molecular formula is C11H11ClO3. The predicted molar refractivity (Wildman–Crippen MR) is 58.0 cm³/mol. The van der Waals surface area contributed by atoms with Crippen LogP contribution in [0, 0.1) is 0 Å². The fourth-order valence-corrected chi connectivity index (χ4v) is 1.50. The molecular weight excluding hydrogens is 216 g/mol. The molecule has 0 amide bonds. The Morgan fingerprint density at radius 3 is 2.67 bits per heavy atom. The van der Waals surface area contributed by atoms with Crippen molar-refractivity contribution < 1.29 is 14.3 Å². The molecule has 1 rings (SSSR count). The van der Waals surface area contributed by atoms with Gasteiger partial charge in [-0.1, -0.05) is 11.6 Å². The van der Waals surface area contributed by atoms with E-state index in [-0.39, 0.29) is 5.78 Å². The molecule has 0 fully saturated rings. The second-order valence-corrected chi connectivity index (χ2v) is 3.38. The first kappa shape index (κ1) is 11.7. The number of carbonyl (C=O) groups excluding carboxylic acids is 2. The van der Waals surface area contributed by atoms with Crippen LogP contribution in [0.25, 0.3) is 0 Å². The summed E-state index contributed by atoms with van der Waals surface area (Å²) in [5.74, 6) is 0.230. The minimum Gasteiger partial charge on any atom is -0.493 e. The van der Waals surface area contributed by atoms with E-state index in [0.717, 1.165) is 0 Å². The van der Waals surface area contributed by atoms with Gasteiger partial charge in [0.1, 0.15) is 5.75 Å². The summed E-state index contributed by atoms with van der Waals surface area (Å²) in [6, 6.07) is 2.94. The Balaban J connectivity index is 3.28. The number of rotatable bonds is 4. The van der Waals surface area contributed by atoms with Crippen molar-refractivity contribution in [3.8, 4) is 5.75 Å².